The summed E-state index contributed by atoms with van der Waals surface area (Å²) in [5.41, 5.74) is 1.32. The molecule has 1 aromatic carbocycles. The van der Waals surface area contributed by atoms with E-state index in [2.05, 4.69) is 18.2 Å². The van der Waals surface area contributed by atoms with Gasteiger partial charge >= 0.3 is 0 Å². The molecule has 0 spiro atoms. The van der Waals surface area contributed by atoms with Gasteiger partial charge in [-0.25, -0.2) is 0 Å². The van der Waals surface area contributed by atoms with Crippen molar-refractivity contribution in [3.63, 3.8) is 0 Å². The molecule has 2 amide bonds. The second-order valence-corrected chi connectivity index (χ2v) is 9.89. The molecule has 160 valence electrons. The Labute approximate surface area is 186 Å². The molecular weight excluding hydrogens is 416 g/mol. The van der Waals surface area contributed by atoms with E-state index < -0.39 is 0 Å². The van der Waals surface area contributed by atoms with Gasteiger partial charge in [-0.15, -0.1) is 23.5 Å². The highest BCUT2D eigenvalue weighted by atomic mass is 32.2. The van der Waals surface area contributed by atoms with Crippen molar-refractivity contribution in [2.45, 2.75) is 37.9 Å². The Bertz CT molecular complexity index is 829. The summed E-state index contributed by atoms with van der Waals surface area (Å²) in [4.78, 5) is 34.9. The number of hydrogen-bond acceptors (Lipinski definition) is 5. The Balaban J connectivity index is 0.000000173. The number of amides is 2. The van der Waals surface area contributed by atoms with Crippen molar-refractivity contribution in [2.24, 2.45) is 17.8 Å². The van der Waals surface area contributed by atoms with Crippen LogP contribution in [0.5, 0.6) is 0 Å². The molecule has 0 aromatic heterocycles. The fourth-order valence-electron chi connectivity index (χ4n) is 4.75. The smallest absolute Gasteiger partial charge is 0.218 e. The first kappa shape index (κ1) is 22.7. The number of carbonyl (C=O) groups excluding carboxylic acids is 3. The Morgan fingerprint density at radius 2 is 1.93 bits per heavy atom. The third kappa shape index (κ3) is 4.83. The summed E-state index contributed by atoms with van der Waals surface area (Å²) in [6, 6.07) is 6.76. The van der Waals surface area contributed by atoms with Crippen LogP contribution in [0.25, 0.3) is 0 Å². The molecule has 0 radical (unpaired) electrons. The quantitative estimate of drug-likeness (QED) is 0.483. The van der Waals surface area contributed by atoms with Gasteiger partial charge in [0.15, 0.2) is 5.78 Å². The number of fused-ring (bicyclic) bond motifs is 5. The van der Waals surface area contributed by atoms with Crippen LogP contribution in [0, 0.1) is 17.8 Å². The van der Waals surface area contributed by atoms with Crippen LogP contribution in [0.15, 0.2) is 47.0 Å². The average molecular weight is 445 g/mol. The largest absolute Gasteiger partial charge is 0.323 e. The highest BCUT2D eigenvalue weighted by Crippen LogP contribution is 2.59. The molecule has 30 heavy (non-hydrogen) atoms. The maximum Gasteiger partial charge on any atom is 0.218 e. The number of thioether (sulfide) groups is 2. The number of hydrogen-bond donors (Lipinski definition) is 1. The predicted molar refractivity (Wildman–Crippen MR) is 125 cm³/mol. The molecular formula is C23H28N2O3S2. The maximum atomic E-state index is 11.0. The Morgan fingerprint density at radius 1 is 1.23 bits per heavy atom. The van der Waals surface area contributed by atoms with Crippen LogP contribution < -0.4 is 10.2 Å². The molecule has 4 rings (SSSR count). The van der Waals surface area contributed by atoms with Gasteiger partial charge in [0.25, 0.3) is 0 Å². The summed E-state index contributed by atoms with van der Waals surface area (Å²) in [5, 5.41) is 4.82. The summed E-state index contributed by atoms with van der Waals surface area (Å²) in [5.74, 6) is 2.80. The van der Waals surface area contributed by atoms with Crippen LogP contribution >= 0.6 is 23.5 Å². The first-order valence-electron chi connectivity index (χ1n) is 10.1. The number of nitrogens with one attached hydrogen (secondary N) is 1. The fraction of sp³-hybridized carbons (Fsp3) is 0.435. The number of Topliss-reactive ketones (excluding diaryl/α,β-unsaturated/α-hetero) is 1. The molecule has 2 bridgehead atoms. The first-order valence-corrected chi connectivity index (χ1v) is 12.2. The molecule has 1 N–H and O–H groups in total. The Hall–Kier alpha value is -1.99. The van der Waals surface area contributed by atoms with Gasteiger partial charge in [0, 0.05) is 27.6 Å². The second-order valence-electron chi connectivity index (χ2n) is 7.80. The molecule has 7 heteroatoms. The van der Waals surface area contributed by atoms with Crippen molar-refractivity contribution >= 4 is 47.8 Å². The number of anilines is 1. The van der Waals surface area contributed by atoms with E-state index >= 15 is 0 Å². The monoisotopic (exact) mass is 444 g/mol. The molecule has 1 aliphatic heterocycles. The molecule has 1 heterocycles. The van der Waals surface area contributed by atoms with E-state index in [0.29, 0.717) is 17.7 Å². The average Bonchev–Trinajstić information content (AvgIpc) is 3.37. The van der Waals surface area contributed by atoms with E-state index in [1.807, 2.05) is 23.5 Å². The number of nitrogens with zero attached hydrogens (tertiary/aromatic N) is 1. The van der Waals surface area contributed by atoms with Gasteiger partial charge in [-0.05, 0) is 80.9 Å². The van der Waals surface area contributed by atoms with Crippen LogP contribution in [-0.2, 0) is 9.59 Å². The lowest BCUT2D eigenvalue weighted by molar-refractivity contribution is -0.109. The highest BCUT2D eigenvalue weighted by molar-refractivity contribution is 8.06. The summed E-state index contributed by atoms with van der Waals surface area (Å²) in [7, 11) is 0. The topological polar surface area (TPSA) is 66.5 Å². The Kier molecular flexibility index (Phi) is 7.83. The fourth-order valence-corrected chi connectivity index (χ4v) is 7.29. The normalized spacial score (nSPS) is 26.2. The number of benzene rings is 1. The zero-order chi connectivity index (χ0) is 21.7. The van der Waals surface area contributed by atoms with Crippen LogP contribution in [0.1, 0.15) is 43.0 Å². The van der Waals surface area contributed by atoms with Gasteiger partial charge in [0.1, 0.15) is 0 Å². The van der Waals surface area contributed by atoms with Crippen molar-refractivity contribution in [1.82, 2.24) is 5.32 Å². The third-order valence-corrected chi connectivity index (χ3v) is 8.85. The van der Waals surface area contributed by atoms with Crippen molar-refractivity contribution in [1.29, 1.82) is 0 Å². The van der Waals surface area contributed by atoms with Crippen LogP contribution in [0.4, 0.5) is 5.69 Å². The lowest BCUT2D eigenvalue weighted by atomic mass is 9.85. The zero-order valence-electron chi connectivity index (χ0n) is 17.4. The summed E-state index contributed by atoms with van der Waals surface area (Å²) in [6.07, 6.45) is 10.5. The lowest BCUT2D eigenvalue weighted by Gasteiger charge is -2.36. The number of rotatable bonds is 7. The van der Waals surface area contributed by atoms with Crippen LogP contribution in [0.3, 0.4) is 0 Å². The summed E-state index contributed by atoms with van der Waals surface area (Å²) < 4.78 is 0. The van der Waals surface area contributed by atoms with Crippen molar-refractivity contribution < 1.29 is 14.4 Å². The minimum absolute atomic E-state index is 0.00723. The van der Waals surface area contributed by atoms with E-state index in [0.717, 1.165) is 34.4 Å². The Morgan fingerprint density at radius 3 is 2.50 bits per heavy atom. The second kappa shape index (κ2) is 10.4. The molecule has 2 saturated carbocycles. The van der Waals surface area contributed by atoms with Gasteiger partial charge in [0.05, 0.1) is 5.03 Å². The van der Waals surface area contributed by atoms with Gasteiger partial charge in [-0.3, -0.25) is 19.3 Å². The molecule has 5 nitrogen and oxygen atoms in total. The first-order chi connectivity index (χ1) is 14.5. The molecule has 4 atom stereocenters. The summed E-state index contributed by atoms with van der Waals surface area (Å²) >= 11 is 3.75. The number of allylic oxidation sites excluding steroid dienone is 1. The standard InChI is InChI=1S/C12H17NOS2.C11H11NO2/c1-15-10-5-9-7-2-3-8(4-7)11(9)16-12(10)13-6-14;1-3-12(8-13)11-6-4-10(5-7-11)9(2)14/h6-9,11H,2-5H2,1H3,(H,13,14);3-8H,1H2,2H3/t7?,8-,9-,11+;/m1./s1. The van der Waals surface area contributed by atoms with E-state index in [-0.39, 0.29) is 5.78 Å². The minimum Gasteiger partial charge on any atom is -0.323 e. The maximum absolute atomic E-state index is 11.0. The molecule has 1 aromatic rings. The van der Waals surface area contributed by atoms with Gasteiger partial charge in [-0.2, -0.15) is 0 Å². The molecule has 3 aliphatic rings. The van der Waals surface area contributed by atoms with Gasteiger partial charge in [0.2, 0.25) is 12.8 Å². The van der Waals surface area contributed by atoms with Crippen LogP contribution in [-0.4, -0.2) is 30.1 Å². The molecule has 2 fully saturated rings. The zero-order valence-corrected chi connectivity index (χ0v) is 19.0. The third-order valence-electron chi connectivity index (χ3n) is 6.25. The van der Waals surface area contributed by atoms with Crippen LogP contribution in [0.2, 0.25) is 0 Å². The van der Waals surface area contributed by atoms with Gasteiger partial charge < -0.3 is 5.32 Å². The SMILES string of the molecule is C=CN(C=O)c1ccc(C(C)=O)cc1.CSC1=C(NC=O)S[C@H]2[C@@H]3CCC(C3)[C@H]2C1. The van der Waals surface area contributed by atoms with E-state index in [1.165, 1.54) is 48.6 Å². The number of carbonyl (C=O) groups is 3. The van der Waals surface area contributed by atoms with Crippen molar-refractivity contribution in [3.8, 4) is 0 Å². The van der Waals surface area contributed by atoms with Crippen molar-refractivity contribution in [2.75, 3.05) is 11.2 Å². The van der Waals surface area contributed by atoms with E-state index in [1.54, 1.807) is 24.3 Å². The molecule has 2 aliphatic carbocycles. The predicted octanol–water partition coefficient (Wildman–Crippen LogP) is 4.81. The molecule has 1 unspecified atom stereocenters. The van der Waals surface area contributed by atoms with Gasteiger partial charge in [-0.1, -0.05) is 6.58 Å². The van der Waals surface area contributed by atoms with E-state index in [9.17, 15) is 14.4 Å². The lowest BCUT2D eigenvalue weighted by Crippen LogP contribution is -2.30. The van der Waals surface area contributed by atoms with Crippen molar-refractivity contribution in [3.05, 3.63) is 52.5 Å². The number of ketones is 1. The minimum atomic E-state index is 0.00723. The summed E-state index contributed by atoms with van der Waals surface area (Å²) in [6.45, 7) is 4.99. The van der Waals surface area contributed by atoms with E-state index in [4.69, 9.17) is 0 Å². The highest BCUT2D eigenvalue weighted by Gasteiger charge is 2.50. The molecule has 0 saturated heterocycles.